The molecule has 0 aromatic rings. The van der Waals surface area contributed by atoms with Gasteiger partial charge in [-0.2, -0.15) is 0 Å². The fourth-order valence-corrected chi connectivity index (χ4v) is 20.6. The highest BCUT2D eigenvalue weighted by Gasteiger charge is 2.44. The van der Waals surface area contributed by atoms with Crippen LogP contribution in [0.2, 0.25) is 65.0 Å². The molecule has 4 nitrogen and oxygen atoms in total. The Morgan fingerprint density at radius 3 is 1.59 bits per heavy atom. The summed E-state index contributed by atoms with van der Waals surface area (Å²) < 4.78 is 25.0. The second-order valence-corrected chi connectivity index (χ2v) is 24.8. The topological polar surface area (TPSA) is 36.9 Å². The molecule has 0 radical (unpaired) electrons. The lowest BCUT2D eigenvalue weighted by atomic mass is 10.5. The second kappa shape index (κ2) is 8.70. The quantitative estimate of drug-likeness (QED) is 0.376. The van der Waals surface area contributed by atoms with Crippen LogP contribution in [0.15, 0.2) is 0 Å². The summed E-state index contributed by atoms with van der Waals surface area (Å²) in [6, 6.07) is 0.975. The van der Waals surface area contributed by atoms with E-state index in [1.54, 1.807) is 0 Å². The number of hydrogen-bond donors (Lipinski definition) is 0. The Kier molecular flexibility index (Phi) is 8.98. The van der Waals surface area contributed by atoms with E-state index in [9.17, 15) is 0 Å². The molecule has 0 amide bonds. The Labute approximate surface area is 142 Å². The molecule has 8 heteroatoms. The van der Waals surface area contributed by atoms with Gasteiger partial charge >= 0.3 is 17.1 Å². The van der Waals surface area contributed by atoms with Crippen molar-refractivity contribution in [2.75, 3.05) is 13.2 Å². The Bertz CT molecular complexity index is 326. The number of rotatable bonds is 11. The van der Waals surface area contributed by atoms with Crippen molar-refractivity contribution in [2.45, 2.75) is 78.3 Å². The van der Waals surface area contributed by atoms with Crippen molar-refractivity contribution in [3.8, 4) is 0 Å². The van der Waals surface area contributed by atoms with Crippen LogP contribution in [0.1, 0.15) is 13.3 Å². The molecule has 0 spiro atoms. The first kappa shape index (κ1) is 22.7. The maximum atomic E-state index is 6.60. The van der Waals surface area contributed by atoms with Gasteiger partial charge in [0.15, 0.2) is 16.6 Å². The highest BCUT2D eigenvalue weighted by Crippen LogP contribution is 2.27. The molecule has 0 fully saturated rings. The van der Waals surface area contributed by atoms with Gasteiger partial charge in [0, 0.05) is 13.2 Å². The van der Waals surface area contributed by atoms with E-state index in [0.29, 0.717) is 0 Å². The van der Waals surface area contributed by atoms with Crippen LogP contribution >= 0.6 is 0 Å². The van der Waals surface area contributed by atoms with E-state index in [4.69, 9.17) is 17.1 Å². The second-order valence-electron chi connectivity index (χ2n) is 8.37. The Balaban J connectivity index is 4.90. The van der Waals surface area contributed by atoms with Gasteiger partial charge < -0.3 is 17.1 Å². The highest BCUT2D eigenvalue weighted by molar-refractivity contribution is 6.89. The molecule has 0 heterocycles. The summed E-state index contributed by atoms with van der Waals surface area (Å²) in [7, 11) is -7.64. The zero-order chi connectivity index (χ0) is 17.7. The number of hydrogen-bond acceptors (Lipinski definition) is 4. The van der Waals surface area contributed by atoms with Crippen LogP contribution in [0.4, 0.5) is 0 Å². The fourth-order valence-electron chi connectivity index (χ4n) is 2.69. The summed E-state index contributed by atoms with van der Waals surface area (Å²) >= 11 is 0. The minimum Gasteiger partial charge on any atom is -0.437 e. The Morgan fingerprint density at radius 2 is 1.18 bits per heavy atom. The minimum absolute atomic E-state index is 0.771. The first-order valence-electron chi connectivity index (χ1n) is 8.36. The molecule has 0 aliphatic carbocycles. The zero-order valence-electron chi connectivity index (χ0n) is 16.5. The highest BCUT2D eigenvalue weighted by atomic mass is 28.5. The molecule has 0 bridgehead atoms. The molecule has 0 aliphatic heterocycles. The Morgan fingerprint density at radius 1 is 0.682 bits per heavy atom. The molecule has 134 valence electrons. The first-order chi connectivity index (χ1) is 9.68. The van der Waals surface area contributed by atoms with Gasteiger partial charge in [-0.15, -0.1) is 0 Å². The molecule has 0 saturated carbocycles. The molecular formula is C14H38O4Si4. The predicted octanol–water partition coefficient (Wildman–Crippen LogP) is 4.91. The van der Waals surface area contributed by atoms with Gasteiger partial charge in [-0.3, -0.25) is 0 Å². The van der Waals surface area contributed by atoms with Gasteiger partial charge in [-0.25, -0.2) is 0 Å². The molecule has 1 unspecified atom stereocenters. The van der Waals surface area contributed by atoms with Crippen molar-refractivity contribution in [2.24, 2.45) is 0 Å². The lowest BCUT2D eigenvalue weighted by molar-refractivity contribution is 0.146. The molecule has 0 aliphatic rings. The van der Waals surface area contributed by atoms with Crippen LogP contribution in [0.3, 0.4) is 0 Å². The third-order valence-corrected chi connectivity index (χ3v) is 16.2. The standard InChI is InChI=1S/C14H38O4Si4/c1-11-15-13-12-14-22(10,17-20(5,6)7)18-21(8,9)16-19(2,3)4/h11-14H2,1-10H3. The van der Waals surface area contributed by atoms with Gasteiger partial charge in [0.2, 0.25) is 0 Å². The summed E-state index contributed by atoms with van der Waals surface area (Å²) in [6.07, 6.45) is 0.998. The van der Waals surface area contributed by atoms with E-state index in [-0.39, 0.29) is 0 Å². The third kappa shape index (κ3) is 12.2. The Hall–Kier alpha value is 0.708. The smallest absolute Gasteiger partial charge is 0.315 e. The van der Waals surface area contributed by atoms with Crippen molar-refractivity contribution in [1.29, 1.82) is 0 Å². The summed E-state index contributed by atoms with van der Waals surface area (Å²) in [5.74, 6) is 0. The van der Waals surface area contributed by atoms with E-state index in [2.05, 4.69) is 58.9 Å². The van der Waals surface area contributed by atoms with E-state index in [1.165, 1.54) is 0 Å². The molecule has 1 atom stereocenters. The van der Waals surface area contributed by atoms with Crippen LogP contribution in [-0.2, 0) is 17.1 Å². The van der Waals surface area contributed by atoms with E-state index < -0.39 is 33.8 Å². The fraction of sp³-hybridized carbons (Fsp3) is 1.00. The van der Waals surface area contributed by atoms with E-state index in [0.717, 1.165) is 25.7 Å². The van der Waals surface area contributed by atoms with Gasteiger partial charge in [0.25, 0.3) is 0 Å². The van der Waals surface area contributed by atoms with Gasteiger partial charge in [0.1, 0.15) is 0 Å². The van der Waals surface area contributed by atoms with Crippen LogP contribution in [0.5, 0.6) is 0 Å². The normalized spacial score (nSPS) is 16.6. The predicted molar refractivity (Wildman–Crippen MR) is 105 cm³/mol. The van der Waals surface area contributed by atoms with Gasteiger partial charge in [0.05, 0.1) is 0 Å². The number of ether oxygens (including phenoxy) is 1. The van der Waals surface area contributed by atoms with Gasteiger partial charge in [-0.1, -0.05) is 0 Å². The molecule has 0 aromatic heterocycles. The van der Waals surface area contributed by atoms with Crippen LogP contribution in [0, 0.1) is 0 Å². The van der Waals surface area contributed by atoms with Crippen LogP contribution in [0.25, 0.3) is 0 Å². The largest absolute Gasteiger partial charge is 0.437 e. The first-order valence-corrected chi connectivity index (χ1v) is 20.5. The maximum absolute atomic E-state index is 6.60. The molecule has 0 saturated heterocycles. The van der Waals surface area contributed by atoms with Crippen LogP contribution in [-0.4, -0.2) is 47.0 Å². The lowest BCUT2D eigenvalue weighted by Gasteiger charge is -2.41. The average Bonchev–Trinajstić information content (AvgIpc) is 2.16. The van der Waals surface area contributed by atoms with Crippen LogP contribution < -0.4 is 0 Å². The van der Waals surface area contributed by atoms with Crippen molar-refractivity contribution >= 4 is 33.8 Å². The average molecular weight is 383 g/mol. The summed E-state index contributed by atoms with van der Waals surface area (Å²) in [6.45, 7) is 23.5. The molecule has 22 heavy (non-hydrogen) atoms. The molecular weight excluding hydrogens is 344 g/mol. The molecule has 0 aromatic carbocycles. The lowest BCUT2D eigenvalue weighted by Crippen LogP contribution is -2.56. The zero-order valence-corrected chi connectivity index (χ0v) is 20.5. The van der Waals surface area contributed by atoms with Crippen molar-refractivity contribution in [3.05, 3.63) is 0 Å². The summed E-state index contributed by atoms with van der Waals surface area (Å²) in [5.41, 5.74) is 0. The maximum Gasteiger partial charge on any atom is 0.315 e. The minimum atomic E-state index is -2.23. The molecule has 0 rings (SSSR count). The van der Waals surface area contributed by atoms with Crippen molar-refractivity contribution in [1.82, 2.24) is 0 Å². The van der Waals surface area contributed by atoms with Gasteiger partial charge in [-0.05, 0) is 78.3 Å². The third-order valence-electron chi connectivity index (χ3n) is 2.66. The summed E-state index contributed by atoms with van der Waals surface area (Å²) in [5, 5.41) is 0. The summed E-state index contributed by atoms with van der Waals surface area (Å²) in [4.78, 5) is 0. The molecule has 0 N–H and O–H groups in total. The van der Waals surface area contributed by atoms with E-state index in [1.807, 2.05) is 6.92 Å². The monoisotopic (exact) mass is 382 g/mol. The van der Waals surface area contributed by atoms with Crippen molar-refractivity contribution in [3.63, 3.8) is 0 Å². The van der Waals surface area contributed by atoms with Crippen molar-refractivity contribution < 1.29 is 17.1 Å². The SMILES string of the molecule is CCOCCC[Si](C)(O[Si](C)(C)C)O[Si](C)(C)O[Si](C)(C)C. The van der Waals surface area contributed by atoms with E-state index >= 15 is 0 Å².